The number of hydrogen-bond acceptors (Lipinski definition) is 3. The van der Waals surface area contributed by atoms with Crippen LogP contribution in [0.4, 0.5) is 0 Å². The standard InChI is InChI=1S/C17H22O3/c1-14-13-15(5-2-10-18)8-9-17(14)20-12-4-7-16-6-3-11-19-16/h8-9,13,16,18H,3-4,6-7,10-12H2,1H3. The van der Waals surface area contributed by atoms with Gasteiger partial charge in [-0.3, -0.25) is 0 Å². The Balaban J connectivity index is 1.77. The van der Waals surface area contributed by atoms with Gasteiger partial charge in [0.15, 0.2) is 0 Å². The van der Waals surface area contributed by atoms with Gasteiger partial charge in [-0.05, 0) is 56.4 Å². The van der Waals surface area contributed by atoms with Crippen molar-refractivity contribution in [3.63, 3.8) is 0 Å². The second kappa shape index (κ2) is 7.94. The van der Waals surface area contributed by atoms with E-state index < -0.39 is 0 Å². The summed E-state index contributed by atoms with van der Waals surface area (Å²) in [5.41, 5.74) is 1.98. The molecule has 1 aliphatic rings. The van der Waals surface area contributed by atoms with E-state index in [1.54, 1.807) is 0 Å². The Morgan fingerprint density at radius 3 is 3.05 bits per heavy atom. The van der Waals surface area contributed by atoms with Gasteiger partial charge in [-0.1, -0.05) is 11.8 Å². The highest BCUT2D eigenvalue weighted by Gasteiger charge is 2.14. The van der Waals surface area contributed by atoms with Gasteiger partial charge >= 0.3 is 0 Å². The molecule has 2 rings (SSSR count). The first-order valence-corrected chi connectivity index (χ1v) is 7.24. The van der Waals surface area contributed by atoms with Crippen molar-refractivity contribution >= 4 is 0 Å². The summed E-state index contributed by atoms with van der Waals surface area (Å²) >= 11 is 0. The Kier molecular flexibility index (Phi) is 5.91. The lowest BCUT2D eigenvalue weighted by atomic mass is 10.1. The first-order chi connectivity index (χ1) is 9.79. The molecule has 0 aromatic heterocycles. The van der Waals surface area contributed by atoms with Gasteiger partial charge in [-0.25, -0.2) is 0 Å². The van der Waals surface area contributed by atoms with Crippen LogP contribution in [0, 0.1) is 18.8 Å². The monoisotopic (exact) mass is 274 g/mol. The molecule has 1 atom stereocenters. The van der Waals surface area contributed by atoms with Crippen molar-refractivity contribution in [2.24, 2.45) is 0 Å². The number of aliphatic hydroxyl groups is 1. The molecule has 0 amide bonds. The largest absolute Gasteiger partial charge is 0.493 e. The molecule has 1 N–H and O–H groups in total. The molecule has 0 radical (unpaired) electrons. The Bertz CT molecular complexity index is 479. The van der Waals surface area contributed by atoms with Crippen molar-refractivity contribution < 1.29 is 14.6 Å². The topological polar surface area (TPSA) is 38.7 Å². The lowest BCUT2D eigenvalue weighted by molar-refractivity contribution is 0.0981. The third kappa shape index (κ3) is 4.56. The molecule has 1 unspecified atom stereocenters. The van der Waals surface area contributed by atoms with Crippen LogP contribution in [0.3, 0.4) is 0 Å². The number of benzene rings is 1. The molecule has 1 saturated heterocycles. The van der Waals surface area contributed by atoms with E-state index in [-0.39, 0.29) is 6.61 Å². The SMILES string of the molecule is Cc1cc(C#CCO)ccc1OCCCC1CCCO1. The summed E-state index contributed by atoms with van der Waals surface area (Å²) in [6.07, 6.45) is 4.93. The predicted octanol–water partition coefficient (Wildman–Crippen LogP) is 2.68. The van der Waals surface area contributed by atoms with E-state index in [9.17, 15) is 0 Å². The molecule has 1 aliphatic heterocycles. The van der Waals surface area contributed by atoms with Gasteiger partial charge in [-0.15, -0.1) is 0 Å². The minimum atomic E-state index is -0.111. The zero-order valence-electron chi connectivity index (χ0n) is 12.0. The van der Waals surface area contributed by atoms with Crippen molar-refractivity contribution in [1.82, 2.24) is 0 Å². The second-order valence-electron chi connectivity index (χ2n) is 5.07. The fourth-order valence-electron chi connectivity index (χ4n) is 2.40. The van der Waals surface area contributed by atoms with Gasteiger partial charge in [-0.2, -0.15) is 0 Å². The maximum atomic E-state index is 8.68. The van der Waals surface area contributed by atoms with Crippen LogP contribution in [-0.4, -0.2) is 31.0 Å². The van der Waals surface area contributed by atoms with E-state index in [1.165, 1.54) is 12.8 Å². The van der Waals surface area contributed by atoms with Crippen LogP contribution >= 0.6 is 0 Å². The molecule has 1 heterocycles. The van der Waals surface area contributed by atoms with Crippen molar-refractivity contribution in [2.45, 2.75) is 38.7 Å². The van der Waals surface area contributed by atoms with Crippen LogP contribution in [-0.2, 0) is 4.74 Å². The Morgan fingerprint density at radius 2 is 2.35 bits per heavy atom. The lowest BCUT2D eigenvalue weighted by Gasteiger charge is -2.11. The molecular formula is C17H22O3. The Morgan fingerprint density at radius 1 is 1.45 bits per heavy atom. The van der Waals surface area contributed by atoms with Gasteiger partial charge < -0.3 is 14.6 Å². The first-order valence-electron chi connectivity index (χ1n) is 7.24. The van der Waals surface area contributed by atoms with Crippen LogP contribution in [0.5, 0.6) is 5.75 Å². The predicted molar refractivity (Wildman–Crippen MR) is 78.8 cm³/mol. The third-order valence-electron chi connectivity index (χ3n) is 3.44. The van der Waals surface area contributed by atoms with Gasteiger partial charge in [0, 0.05) is 12.2 Å². The van der Waals surface area contributed by atoms with E-state index in [1.807, 2.05) is 25.1 Å². The molecule has 3 heteroatoms. The summed E-state index contributed by atoms with van der Waals surface area (Å²) in [6, 6.07) is 5.85. The highest BCUT2D eigenvalue weighted by Crippen LogP contribution is 2.20. The van der Waals surface area contributed by atoms with E-state index in [0.29, 0.717) is 6.10 Å². The van der Waals surface area contributed by atoms with Crippen LogP contribution in [0.15, 0.2) is 18.2 Å². The number of aliphatic hydroxyl groups excluding tert-OH is 1. The van der Waals surface area contributed by atoms with Gasteiger partial charge in [0.05, 0.1) is 12.7 Å². The molecule has 1 fully saturated rings. The summed E-state index contributed by atoms with van der Waals surface area (Å²) in [6.45, 7) is 3.55. The van der Waals surface area contributed by atoms with Crippen molar-refractivity contribution in [3.05, 3.63) is 29.3 Å². The number of aryl methyl sites for hydroxylation is 1. The van der Waals surface area contributed by atoms with E-state index in [0.717, 1.165) is 42.9 Å². The number of ether oxygens (including phenoxy) is 2. The van der Waals surface area contributed by atoms with Gasteiger partial charge in [0.2, 0.25) is 0 Å². The normalized spacial score (nSPS) is 17.6. The minimum Gasteiger partial charge on any atom is -0.493 e. The van der Waals surface area contributed by atoms with E-state index in [2.05, 4.69) is 11.8 Å². The van der Waals surface area contributed by atoms with E-state index in [4.69, 9.17) is 14.6 Å². The first kappa shape index (κ1) is 14.9. The number of hydrogen-bond donors (Lipinski definition) is 1. The maximum absolute atomic E-state index is 8.68. The Labute approximate surface area is 120 Å². The zero-order chi connectivity index (χ0) is 14.2. The third-order valence-corrected chi connectivity index (χ3v) is 3.44. The quantitative estimate of drug-likeness (QED) is 0.663. The molecule has 108 valence electrons. The molecule has 0 saturated carbocycles. The Hall–Kier alpha value is -1.50. The average Bonchev–Trinajstić information content (AvgIpc) is 2.96. The van der Waals surface area contributed by atoms with Crippen LogP contribution in [0.2, 0.25) is 0 Å². The second-order valence-corrected chi connectivity index (χ2v) is 5.07. The summed E-state index contributed by atoms with van der Waals surface area (Å²) in [5, 5.41) is 8.68. The highest BCUT2D eigenvalue weighted by molar-refractivity contribution is 5.43. The molecule has 0 aliphatic carbocycles. The lowest BCUT2D eigenvalue weighted by Crippen LogP contribution is -2.08. The molecule has 20 heavy (non-hydrogen) atoms. The van der Waals surface area contributed by atoms with Crippen LogP contribution < -0.4 is 4.74 Å². The molecule has 1 aromatic rings. The maximum Gasteiger partial charge on any atom is 0.122 e. The molecule has 3 nitrogen and oxygen atoms in total. The van der Waals surface area contributed by atoms with Crippen molar-refractivity contribution in [2.75, 3.05) is 19.8 Å². The van der Waals surface area contributed by atoms with Gasteiger partial charge in [0.25, 0.3) is 0 Å². The zero-order valence-corrected chi connectivity index (χ0v) is 12.0. The molecule has 1 aromatic carbocycles. The minimum absolute atomic E-state index is 0.111. The molecule has 0 spiro atoms. The fourth-order valence-corrected chi connectivity index (χ4v) is 2.40. The average molecular weight is 274 g/mol. The van der Waals surface area contributed by atoms with Crippen LogP contribution in [0.1, 0.15) is 36.8 Å². The number of rotatable bonds is 5. The fraction of sp³-hybridized carbons (Fsp3) is 0.529. The highest BCUT2D eigenvalue weighted by atomic mass is 16.5. The van der Waals surface area contributed by atoms with E-state index >= 15 is 0 Å². The molecular weight excluding hydrogens is 252 g/mol. The summed E-state index contributed by atoms with van der Waals surface area (Å²) < 4.78 is 11.4. The molecule has 0 bridgehead atoms. The summed E-state index contributed by atoms with van der Waals surface area (Å²) in [4.78, 5) is 0. The van der Waals surface area contributed by atoms with Crippen molar-refractivity contribution in [1.29, 1.82) is 0 Å². The summed E-state index contributed by atoms with van der Waals surface area (Å²) in [7, 11) is 0. The van der Waals surface area contributed by atoms with Crippen molar-refractivity contribution in [3.8, 4) is 17.6 Å². The van der Waals surface area contributed by atoms with Crippen LogP contribution in [0.25, 0.3) is 0 Å². The van der Waals surface area contributed by atoms with Gasteiger partial charge in [0.1, 0.15) is 12.4 Å². The summed E-state index contributed by atoms with van der Waals surface area (Å²) in [5.74, 6) is 6.45. The smallest absolute Gasteiger partial charge is 0.122 e.